The number of carboxylic acid groups (broad SMARTS) is 1. The zero-order chi connectivity index (χ0) is 15.3. The van der Waals surface area contributed by atoms with E-state index < -0.39 is 30.1 Å². The molecule has 1 atom stereocenters. The molecule has 0 aromatic carbocycles. The van der Waals surface area contributed by atoms with Gasteiger partial charge in [-0.05, 0) is 12.8 Å². The number of piperidine rings is 1. The highest BCUT2D eigenvalue weighted by atomic mass is 19.4. The summed E-state index contributed by atoms with van der Waals surface area (Å²) in [6, 6.07) is -1.90. The van der Waals surface area contributed by atoms with E-state index in [2.05, 4.69) is 10.1 Å². The molecule has 1 fully saturated rings. The number of urea groups is 1. The molecule has 0 bridgehead atoms. The molecular formula is C11H17F3N2O4. The number of nitrogens with one attached hydrogen (secondary N) is 1. The normalized spacial score (nSPS) is 18.7. The number of methoxy groups -OCH3 is 1. The summed E-state index contributed by atoms with van der Waals surface area (Å²) in [5.74, 6) is -2.66. The second-order valence-electron chi connectivity index (χ2n) is 4.60. The predicted octanol–water partition coefficient (Wildman–Crippen LogP) is 1.07. The van der Waals surface area contributed by atoms with Gasteiger partial charge in [-0.2, -0.15) is 13.2 Å². The highest BCUT2D eigenvalue weighted by molar-refractivity contribution is 5.82. The van der Waals surface area contributed by atoms with Crippen LogP contribution in [0.2, 0.25) is 0 Å². The van der Waals surface area contributed by atoms with Crippen LogP contribution < -0.4 is 5.32 Å². The number of carboxylic acids is 1. The first kappa shape index (κ1) is 16.5. The molecule has 1 rings (SSSR count). The quantitative estimate of drug-likeness (QED) is 0.813. The van der Waals surface area contributed by atoms with Crippen LogP contribution in [0.3, 0.4) is 0 Å². The Morgan fingerprint density at radius 1 is 1.40 bits per heavy atom. The first-order valence-corrected chi connectivity index (χ1v) is 6.09. The van der Waals surface area contributed by atoms with Gasteiger partial charge in [0.05, 0.1) is 12.5 Å². The molecule has 0 aromatic heterocycles. The predicted molar refractivity (Wildman–Crippen MR) is 62.2 cm³/mol. The Balaban J connectivity index is 2.48. The van der Waals surface area contributed by atoms with Crippen LogP contribution in [0.5, 0.6) is 0 Å². The number of amides is 2. The molecule has 2 amide bonds. The third-order valence-corrected chi connectivity index (χ3v) is 3.17. The van der Waals surface area contributed by atoms with E-state index in [0.717, 1.165) is 0 Å². The molecule has 116 valence electrons. The number of carbonyl (C=O) groups is 2. The van der Waals surface area contributed by atoms with Crippen LogP contribution in [0.15, 0.2) is 0 Å². The lowest BCUT2D eigenvalue weighted by atomic mass is 9.96. The van der Waals surface area contributed by atoms with E-state index in [-0.39, 0.29) is 32.5 Å². The van der Waals surface area contributed by atoms with Crippen LogP contribution in [0.4, 0.5) is 18.0 Å². The third-order valence-electron chi connectivity index (χ3n) is 3.17. The number of alkyl halides is 3. The van der Waals surface area contributed by atoms with Crippen molar-refractivity contribution in [3.8, 4) is 0 Å². The topological polar surface area (TPSA) is 78.9 Å². The van der Waals surface area contributed by atoms with E-state index in [1.54, 1.807) is 0 Å². The molecule has 6 nitrogen and oxygen atoms in total. The maximum absolute atomic E-state index is 12.5. The van der Waals surface area contributed by atoms with Crippen molar-refractivity contribution in [3.63, 3.8) is 0 Å². The first-order chi connectivity index (χ1) is 9.25. The van der Waals surface area contributed by atoms with E-state index in [1.165, 1.54) is 12.0 Å². The zero-order valence-electron chi connectivity index (χ0n) is 10.9. The van der Waals surface area contributed by atoms with Gasteiger partial charge in [-0.25, -0.2) is 9.59 Å². The monoisotopic (exact) mass is 298 g/mol. The summed E-state index contributed by atoms with van der Waals surface area (Å²) in [5, 5.41) is 11.1. The number of rotatable bonds is 4. The van der Waals surface area contributed by atoms with Crippen LogP contribution in [0.1, 0.15) is 12.8 Å². The van der Waals surface area contributed by atoms with Gasteiger partial charge in [0.25, 0.3) is 0 Å². The van der Waals surface area contributed by atoms with Crippen molar-refractivity contribution in [1.29, 1.82) is 0 Å². The minimum absolute atomic E-state index is 0.0463. The second-order valence-corrected chi connectivity index (χ2v) is 4.60. The maximum Gasteiger partial charge on any atom is 0.391 e. The van der Waals surface area contributed by atoms with E-state index in [0.29, 0.717) is 0 Å². The SMILES string of the molecule is COCC(NC(=O)N1CCC(C(F)(F)F)CC1)C(=O)O. The van der Waals surface area contributed by atoms with Crippen molar-refractivity contribution in [2.45, 2.75) is 25.1 Å². The van der Waals surface area contributed by atoms with Crippen molar-refractivity contribution in [1.82, 2.24) is 10.2 Å². The first-order valence-electron chi connectivity index (χ1n) is 6.09. The molecule has 0 spiro atoms. The largest absolute Gasteiger partial charge is 0.480 e. The smallest absolute Gasteiger partial charge is 0.391 e. The summed E-state index contributed by atoms with van der Waals surface area (Å²) in [5.41, 5.74) is 0. The fourth-order valence-electron chi connectivity index (χ4n) is 1.99. The fraction of sp³-hybridized carbons (Fsp3) is 0.818. The number of hydrogen-bond donors (Lipinski definition) is 2. The van der Waals surface area contributed by atoms with Gasteiger partial charge in [0.15, 0.2) is 6.04 Å². The minimum atomic E-state index is -4.25. The molecular weight excluding hydrogens is 281 g/mol. The lowest BCUT2D eigenvalue weighted by molar-refractivity contribution is -0.183. The van der Waals surface area contributed by atoms with E-state index in [1.807, 2.05) is 0 Å². The average Bonchev–Trinajstić information content (AvgIpc) is 2.37. The zero-order valence-corrected chi connectivity index (χ0v) is 10.9. The Kier molecular flexibility index (Phi) is 5.61. The molecule has 20 heavy (non-hydrogen) atoms. The Morgan fingerprint density at radius 3 is 2.35 bits per heavy atom. The Labute approximate surface area is 113 Å². The molecule has 0 saturated carbocycles. The molecule has 9 heteroatoms. The van der Waals surface area contributed by atoms with Crippen LogP contribution >= 0.6 is 0 Å². The lowest BCUT2D eigenvalue weighted by Crippen LogP contribution is -2.52. The van der Waals surface area contributed by atoms with Gasteiger partial charge in [0, 0.05) is 20.2 Å². The minimum Gasteiger partial charge on any atom is -0.480 e. The molecule has 1 unspecified atom stereocenters. The van der Waals surface area contributed by atoms with Gasteiger partial charge in [-0.1, -0.05) is 0 Å². The molecule has 2 N–H and O–H groups in total. The summed E-state index contributed by atoms with van der Waals surface area (Å²) in [6.45, 7) is -0.301. The van der Waals surface area contributed by atoms with Crippen molar-refractivity contribution in [2.75, 3.05) is 26.8 Å². The van der Waals surface area contributed by atoms with Gasteiger partial charge in [0.2, 0.25) is 0 Å². The fourth-order valence-corrected chi connectivity index (χ4v) is 1.99. The molecule has 0 aliphatic carbocycles. The summed E-state index contributed by atoms with van der Waals surface area (Å²) >= 11 is 0. The summed E-state index contributed by atoms with van der Waals surface area (Å²) in [7, 11) is 1.29. The maximum atomic E-state index is 12.5. The van der Waals surface area contributed by atoms with Gasteiger partial charge in [-0.3, -0.25) is 0 Å². The van der Waals surface area contributed by atoms with Crippen molar-refractivity contribution >= 4 is 12.0 Å². The van der Waals surface area contributed by atoms with Gasteiger partial charge < -0.3 is 20.1 Å². The van der Waals surface area contributed by atoms with Crippen molar-refractivity contribution in [3.05, 3.63) is 0 Å². The molecule has 1 saturated heterocycles. The Hall–Kier alpha value is -1.51. The number of hydrogen-bond acceptors (Lipinski definition) is 3. The molecule has 0 aromatic rings. The molecule has 0 radical (unpaired) electrons. The number of ether oxygens (including phenoxy) is 1. The summed E-state index contributed by atoms with van der Waals surface area (Å²) in [6.07, 6.45) is -4.58. The third kappa shape index (κ3) is 4.55. The van der Waals surface area contributed by atoms with Gasteiger partial charge in [-0.15, -0.1) is 0 Å². The van der Waals surface area contributed by atoms with Crippen LogP contribution in [0.25, 0.3) is 0 Å². The van der Waals surface area contributed by atoms with Crippen LogP contribution in [0, 0.1) is 5.92 Å². The van der Waals surface area contributed by atoms with Crippen molar-refractivity contribution < 1.29 is 32.6 Å². The number of nitrogens with zero attached hydrogens (tertiary/aromatic N) is 1. The number of aliphatic carboxylic acids is 1. The number of likely N-dealkylation sites (tertiary alicyclic amines) is 1. The number of carbonyl (C=O) groups excluding carboxylic acids is 1. The van der Waals surface area contributed by atoms with Crippen LogP contribution in [-0.4, -0.2) is 61.0 Å². The highest BCUT2D eigenvalue weighted by Gasteiger charge is 2.41. The lowest BCUT2D eigenvalue weighted by Gasteiger charge is -2.33. The van der Waals surface area contributed by atoms with E-state index >= 15 is 0 Å². The van der Waals surface area contributed by atoms with Gasteiger partial charge in [0.1, 0.15) is 0 Å². The standard InChI is InChI=1S/C11H17F3N2O4/c1-20-6-8(9(17)18)15-10(19)16-4-2-7(3-5-16)11(12,13)14/h7-8H,2-6H2,1H3,(H,15,19)(H,17,18). The highest BCUT2D eigenvalue weighted by Crippen LogP contribution is 2.33. The summed E-state index contributed by atoms with van der Waals surface area (Å²) in [4.78, 5) is 23.8. The molecule has 1 heterocycles. The van der Waals surface area contributed by atoms with E-state index in [4.69, 9.17) is 5.11 Å². The second kappa shape index (κ2) is 6.78. The average molecular weight is 298 g/mol. The summed E-state index contributed by atoms with van der Waals surface area (Å²) < 4.78 is 42.1. The van der Waals surface area contributed by atoms with Crippen LogP contribution in [-0.2, 0) is 9.53 Å². The Morgan fingerprint density at radius 2 is 1.95 bits per heavy atom. The van der Waals surface area contributed by atoms with Crippen molar-refractivity contribution in [2.24, 2.45) is 5.92 Å². The number of halogens is 3. The van der Waals surface area contributed by atoms with Gasteiger partial charge >= 0.3 is 18.2 Å². The molecule has 1 aliphatic rings. The van der Waals surface area contributed by atoms with E-state index in [9.17, 15) is 22.8 Å². The Bertz CT molecular complexity index is 354. The molecule has 1 aliphatic heterocycles.